The fraction of sp³-hybridized carbons (Fsp3) is 0.415. The highest BCUT2D eigenvalue weighted by atomic mass is 32.2. The molecule has 2 heterocycles. The number of fused-ring (bicyclic) bond motifs is 1. The molecule has 17 N–H and O–H groups in total. The largest absolute Gasteiger partial charge is 0.508 e. The van der Waals surface area contributed by atoms with Crippen molar-refractivity contribution in [2.45, 2.75) is 184 Å². The summed E-state index contributed by atoms with van der Waals surface area (Å²) in [5.41, 5.74) is 8.88. The molecule has 38 heteroatoms. The first-order valence-corrected chi connectivity index (χ1v) is 44.5. The highest BCUT2D eigenvalue weighted by Crippen LogP contribution is 2.25. The standard InChI is InChI=1S/C94H118N16O21S/c1-10-11-31-74-89(126)103-69(47-80(116)117)87(124)102-70(48-81(118)119)88(125)106-82(55(4)5)94(131)109(8)75(44-57-25-17-13-18-26-57)90(127)104-71(43-60-34-38-63(112)39-35-60)91(128)107(6)51-78(114)98-68(46-61-49-96-65-30-22-21-29-64(61)65)86(123)101-67(41-59-32-36-62(111)37-33-59)85(122)100-66(40-54(2)3)84(121)105-73(83(120)97-50-77(95)113)52-132-53-79(115)99-72(42-56-23-15-12-16-24-56)92(129)110(9)76(93(130)108(74)7)45-58-27-19-14-20-28-58/h12-30,32-39,49,54-55,66-76,82,96,111-112H,10-11,31,40-48,50-53H2,1-9H3,(H2,95,113)(H,97,120)(H,98,114)(H,99,115)(H,100,122)(H,101,123)(H,102,124)(H,103,126)(H,104,127)(H,105,121)(H,106,125)(H,116,117)(H,118,119)/t66-,67-,68-,69+,70-,71-,72-,73-,74-,75?,76-,82-/m0/s1. The Balaban J connectivity index is 1.23. The minimum Gasteiger partial charge on any atom is -0.508 e. The van der Waals surface area contributed by atoms with Gasteiger partial charge in [0.05, 0.1) is 31.7 Å². The molecule has 0 radical (unpaired) electrons. The number of phenols is 2. The third-order valence-corrected chi connectivity index (χ3v) is 23.4. The second kappa shape index (κ2) is 50.1. The number of carbonyl (C=O) groups excluding carboxylic acids is 15. The van der Waals surface area contributed by atoms with Crippen molar-refractivity contribution in [2.75, 3.05) is 52.8 Å². The lowest BCUT2D eigenvalue weighted by molar-refractivity contribution is -0.149. The number of amides is 15. The van der Waals surface area contributed by atoms with E-state index in [1.54, 1.807) is 142 Å². The number of nitrogens with one attached hydrogen (secondary N) is 11. The Hall–Kier alpha value is -14.2. The molecule has 15 amide bonds. The van der Waals surface area contributed by atoms with E-state index in [1.165, 1.54) is 90.6 Å². The number of thioether (sulfide) groups is 1. The first-order chi connectivity index (χ1) is 62.8. The Bertz CT molecular complexity index is 5200. The lowest BCUT2D eigenvalue weighted by Gasteiger charge is -2.36. The van der Waals surface area contributed by atoms with Crippen LogP contribution < -0.4 is 58.9 Å². The van der Waals surface area contributed by atoms with Crippen molar-refractivity contribution in [3.05, 3.63) is 203 Å². The molecule has 1 aromatic heterocycles. The predicted molar refractivity (Wildman–Crippen MR) is 489 cm³/mol. The van der Waals surface area contributed by atoms with Crippen molar-refractivity contribution in [2.24, 2.45) is 17.6 Å². The van der Waals surface area contributed by atoms with E-state index in [0.29, 0.717) is 50.7 Å². The summed E-state index contributed by atoms with van der Waals surface area (Å²) in [6, 6.07) is 23.5. The van der Waals surface area contributed by atoms with Crippen LogP contribution in [0.4, 0.5) is 0 Å². The number of aliphatic carboxylic acids is 2. The van der Waals surface area contributed by atoms with Gasteiger partial charge in [0.25, 0.3) is 0 Å². The molecule has 8 rings (SSSR count). The summed E-state index contributed by atoms with van der Waals surface area (Å²) in [4.78, 5) is 256. The number of nitrogens with zero attached hydrogens (tertiary/aromatic N) is 4. The maximum Gasteiger partial charge on any atom is 0.305 e. The van der Waals surface area contributed by atoms with Gasteiger partial charge in [-0.2, -0.15) is 0 Å². The van der Waals surface area contributed by atoms with E-state index >= 15 is 38.4 Å². The quantitative estimate of drug-likeness (QED) is 0.0388. The van der Waals surface area contributed by atoms with Crippen LogP contribution in [0.15, 0.2) is 170 Å². The number of carbonyl (C=O) groups is 17. The van der Waals surface area contributed by atoms with Crippen molar-refractivity contribution in [1.29, 1.82) is 0 Å². The van der Waals surface area contributed by atoms with Crippen molar-refractivity contribution < 1.29 is 102 Å². The number of unbranched alkanes of at least 4 members (excludes halogenated alkanes) is 1. The smallest absolute Gasteiger partial charge is 0.305 e. The number of rotatable bonds is 25. The summed E-state index contributed by atoms with van der Waals surface area (Å²) in [7, 11) is 5.03. The van der Waals surface area contributed by atoms with Gasteiger partial charge in [0, 0.05) is 89.6 Å². The second-order valence-electron chi connectivity index (χ2n) is 33.5. The van der Waals surface area contributed by atoms with Crippen LogP contribution in [0.2, 0.25) is 0 Å². The van der Waals surface area contributed by atoms with E-state index in [1.807, 2.05) is 0 Å². The van der Waals surface area contributed by atoms with Gasteiger partial charge >= 0.3 is 11.9 Å². The van der Waals surface area contributed by atoms with Gasteiger partial charge in [-0.25, -0.2) is 0 Å². The number of likely N-dealkylation sites (N-methyl/N-ethyl adjacent to an activating group) is 4. The number of phenolic OH excluding ortho intramolecular Hbond substituents is 2. The van der Waals surface area contributed by atoms with Crippen molar-refractivity contribution in [3.8, 4) is 11.5 Å². The van der Waals surface area contributed by atoms with Crippen LogP contribution in [0.25, 0.3) is 10.9 Å². The molecule has 0 bridgehead atoms. The summed E-state index contributed by atoms with van der Waals surface area (Å²) in [5.74, 6) is -20.8. The molecule has 1 unspecified atom stereocenters. The van der Waals surface area contributed by atoms with Gasteiger partial charge in [-0.3, -0.25) is 81.5 Å². The normalized spacial score (nSPS) is 22.1. The predicted octanol–water partition coefficient (Wildman–Crippen LogP) is 1.83. The van der Waals surface area contributed by atoms with E-state index in [-0.39, 0.29) is 75.2 Å². The number of H-pyrrole nitrogens is 1. The second-order valence-corrected chi connectivity index (χ2v) is 34.5. The number of hydrogen-bond acceptors (Lipinski definition) is 20. The fourth-order valence-corrected chi connectivity index (χ4v) is 16.0. The minimum absolute atomic E-state index is 0.111. The highest BCUT2D eigenvalue weighted by molar-refractivity contribution is 8.00. The number of carboxylic acid groups (broad SMARTS) is 2. The third kappa shape index (κ3) is 31.3. The van der Waals surface area contributed by atoms with Crippen molar-refractivity contribution in [1.82, 2.24) is 77.8 Å². The Labute approximate surface area is 768 Å². The maximum atomic E-state index is 15.6. The number of hydrogen-bond donors (Lipinski definition) is 16. The molecular weight excluding hydrogens is 1720 g/mol. The van der Waals surface area contributed by atoms with Crippen LogP contribution in [-0.4, -0.2) is 271 Å². The zero-order chi connectivity index (χ0) is 96.6. The molecule has 1 aliphatic rings. The Morgan fingerprint density at radius 2 is 0.871 bits per heavy atom. The van der Waals surface area contributed by atoms with E-state index < -0.39 is 216 Å². The van der Waals surface area contributed by atoms with Gasteiger partial charge < -0.3 is 104 Å². The van der Waals surface area contributed by atoms with Gasteiger partial charge in [-0.1, -0.05) is 181 Å². The van der Waals surface area contributed by atoms with E-state index in [0.717, 1.165) is 31.4 Å². The molecule has 0 aliphatic carbocycles. The number of aromatic hydroxyl groups is 2. The number of nitrogens with two attached hydrogens (primary N) is 1. The van der Waals surface area contributed by atoms with Crippen LogP contribution in [0.1, 0.15) is 107 Å². The van der Waals surface area contributed by atoms with Crippen LogP contribution in [0.3, 0.4) is 0 Å². The first-order valence-electron chi connectivity index (χ1n) is 43.3. The van der Waals surface area contributed by atoms with E-state index in [9.17, 15) is 63.6 Å². The highest BCUT2D eigenvalue weighted by Gasteiger charge is 2.43. The lowest BCUT2D eigenvalue weighted by Crippen LogP contribution is -2.62. The fourth-order valence-electron chi connectivity index (χ4n) is 15.1. The average Bonchev–Trinajstić information content (AvgIpc) is 1.28. The molecule has 1 aliphatic heterocycles. The summed E-state index contributed by atoms with van der Waals surface area (Å²) in [5, 5.41) is 68.0. The number of aromatic nitrogens is 1. The van der Waals surface area contributed by atoms with Crippen LogP contribution >= 0.6 is 11.8 Å². The zero-order valence-electron chi connectivity index (χ0n) is 75.1. The Morgan fingerprint density at radius 3 is 1.40 bits per heavy atom. The number of primary amides is 1. The molecule has 12 atom stereocenters. The number of benzene rings is 6. The van der Waals surface area contributed by atoms with Gasteiger partial charge in [0.1, 0.15) is 84.0 Å². The van der Waals surface area contributed by atoms with Gasteiger partial charge in [0.2, 0.25) is 88.6 Å². The lowest BCUT2D eigenvalue weighted by atomic mass is 9.98. The molecule has 132 heavy (non-hydrogen) atoms. The van der Waals surface area contributed by atoms with Crippen molar-refractivity contribution in [3.63, 3.8) is 0 Å². The number of para-hydroxylation sites is 1. The molecule has 1 fully saturated rings. The average molecular weight is 1840 g/mol. The molecule has 6 aromatic carbocycles. The van der Waals surface area contributed by atoms with E-state index in [4.69, 9.17) is 5.73 Å². The number of carboxylic acids is 2. The zero-order valence-corrected chi connectivity index (χ0v) is 75.9. The molecule has 0 saturated carbocycles. The molecule has 706 valence electrons. The maximum absolute atomic E-state index is 15.6. The Morgan fingerprint density at radius 1 is 0.447 bits per heavy atom. The Kier molecular flexibility index (Phi) is 39.2. The van der Waals surface area contributed by atoms with Crippen molar-refractivity contribution >= 4 is 123 Å². The first kappa shape index (κ1) is 103. The number of aromatic amines is 1. The van der Waals surface area contributed by atoms with Gasteiger partial charge in [0.15, 0.2) is 0 Å². The molecule has 7 aromatic rings. The summed E-state index contributed by atoms with van der Waals surface area (Å²) in [6.07, 6.45) is -1.93. The molecular formula is C94H118N16O21S. The summed E-state index contributed by atoms with van der Waals surface area (Å²) >= 11 is 0.798. The molecule has 0 spiro atoms. The molecule has 1 saturated heterocycles. The van der Waals surface area contributed by atoms with Crippen LogP contribution in [-0.2, 0) is 120 Å². The van der Waals surface area contributed by atoms with Gasteiger partial charge in [-0.05, 0) is 88.4 Å². The topological polar surface area (TPSA) is 546 Å². The molecule has 37 nitrogen and oxygen atoms in total. The minimum atomic E-state index is -2.12. The van der Waals surface area contributed by atoms with Crippen LogP contribution in [0.5, 0.6) is 11.5 Å². The third-order valence-electron chi connectivity index (χ3n) is 22.3. The van der Waals surface area contributed by atoms with Gasteiger partial charge in [-0.15, -0.1) is 11.8 Å². The SMILES string of the molecule is CCCC[C@H]1C(=O)N[C@H](CC(=O)O)C(=O)N[C@@H](CC(=O)O)C(=O)N[C@@H](C(C)C)C(=O)N(C)C(Cc2ccccc2)C(=O)N[C@@H](Cc2ccc(O)cc2)C(=O)N(C)CC(=O)N[C@@H](Cc2c[nH]c3ccccc23)C(=O)N[C@@H](Cc2ccc(O)cc2)C(=O)N[C@@H](CC(C)C)C(=O)N[C@H](C(=O)NCC(N)=O)CSCC(=O)N[C@@H](Cc2ccccc2)C(=O)N(C)[C@@H](Cc2ccccc2)C(=O)N1C. The monoisotopic (exact) mass is 1840 g/mol. The summed E-state index contributed by atoms with van der Waals surface area (Å²) in [6.45, 7) is 6.72. The summed E-state index contributed by atoms with van der Waals surface area (Å²) < 4.78 is 0. The van der Waals surface area contributed by atoms with E-state index in [2.05, 4.69) is 58.2 Å². The van der Waals surface area contributed by atoms with Crippen LogP contribution in [0, 0.1) is 11.8 Å².